The van der Waals surface area contributed by atoms with Crippen LogP contribution in [0.1, 0.15) is 37.8 Å². The molecule has 23 heavy (non-hydrogen) atoms. The van der Waals surface area contributed by atoms with Crippen LogP contribution in [0.2, 0.25) is 0 Å². The Labute approximate surface area is 134 Å². The van der Waals surface area contributed by atoms with Crippen molar-refractivity contribution in [1.29, 1.82) is 0 Å². The molecular weight excluding hydrogens is 292 g/mol. The van der Waals surface area contributed by atoms with E-state index < -0.39 is 0 Å². The quantitative estimate of drug-likeness (QED) is 0.929. The summed E-state index contributed by atoms with van der Waals surface area (Å²) in [6.45, 7) is 3.16. The molecule has 5 rings (SSSR count). The van der Waals surface area contributed by atoms with Crippen LogP contribution in [0, 0.1) is 6.92 Å². The minimum atomic E-state index is -0.125. The Balaban J connectivity index is 1.62. The van der Waals surface area contributed by atoms with Crippen molar-refractivity contribution in [3.8, 4) is 0 Å². The van der Waals surface area contributed by atoms with Gasteiger partial charge in [-0.2, -0.15) is 0 Å². The van der Waals surface area contributed by atoms with E-state index in [0.29, 0.717) is 18.8 Å². The molecule has 0 amide bonds. The second-order valence-electron chi connectivity index (χ2n) is 7.13. The lowest BCUT2D eigenvalue weighted by molar-refractivity contribution is -0.157. The molecule has 122 valence electrons. The molecular formula is C17H22N4O2. The molecule has 1 saturated carbocycles. The molecule has 2 bridgehead atoms. The van der Waals surface area contributed by atoms with Gasteiger partial charge in [-0.05, 0) is 51.2 Å². The maximum absolute atomic E-state index is 12.3. The zero-order valence-corrected chi connectivity index (χ0v) is 13.4. The topological polar surface area (TPSA) is 83.0 Å². The number of nitrogens with two attached hydrogens (primary N) is 1. The average Bonchev–Trinajstić information content (AvgIpc) is 2.55. The van der Waals surface area contributed by atoms with Crippen LogP contribution in [-0.4, -0.2) is 32.3 Å². The van der Waals surface area contributed by atoms with Crippen molar-refractivity contribution in [3.05, 3.63) is 34.4 Å². The van der Waals surface area contributed by atoms with Gasteiger partial charge in [0, 0.05) is 17.8 Å². The van der Waals surface area contributed by atoms with Crippen molar-refractivity contribution in [1.82, 2.24) is 14.5 Å². The molecule has 2 N–H and O–H groups in total. The van der Waals surface area contributed by atoms with Crippen molar-refractivity contribution < 1.29 is 4.74 Å². The Hall–Kier alpha value is -1.79. The first-order valence-electron chi connectivity index (χ1n) is 8.25. The highest BCUT2D eigenvalue weighted by molar-refractivity contribution is 5.69. The van der Waals surface area contributed by atoms with Gasteiger partial charge in [0.15, 0.2) is 5.65 Å². The van der Waals surface area contributed by atoms with Crippen molar-refractivity contribution in [2.75, 3.05) is 6.61 Å². The lowest BCUT2D eigenvalue weighted by atomic mass is 9.70. The van der Waals surface area contributed by atoms with Gasteiger partial charge >= 0.3 is 0 Å². The minimum absolute atomic E-state index is 0.105. The Kier molecular flexibility index (Phi) is 3.28. The molecule has 0 unspecified atom stereocenters. The van der Waals surface area contributed by atoms with Crippen LogP contribution >= 0.6 is 0 Å². The van der Waals surface area contributed by atoms with Gasteiger partial charge in [-0.1, -0.05) is 0 Å². The third-order valence-corrected chi connectivity index (χ3v) is 5.44. The fraction of sp³-hybridized carbons (Fsp3) is 0.588. The molecule has 1 aliphatic carbocycles. The van der Waals surface area contributed by atoms with Gasteiger partial charge in [-0.3, -0.25) is 9.36 Å². The van der Waals surface area contributed by atoms with Crippen LogP contribution in [0.15, 0.2) is 23.1 Å². The Morgan fingerprint density at radius 3 is 2.78 bits per heavy atom. The first kappa shape index (κ1) is 14.8. The van der Waals surface area contributed by atoms with E-state index in [1.54, 1.807) is 4.57 Å². The third kappa shape index (κ3) is 2.56. The zero-order valence-electron chi connectivity index (χ0n) is 13.4. The van der Waals surface area contributed by atoms with Gasteiger partial charge in [-0.25, -0.2) is 9.97 Å². The normalized spacial score (nSPS) is 30.0. The number of ether oxygens (including phenoxy) is 1. The molecule has 6 heteroatoms. The molecule has 2 aromatic heterocycles. The number of rotatable bonds is 3. The molecule has 0 spiro atoms. The Bertz CT molecular complexity index is 789. The molecule has 6 nitrogen and oxygen atoms in total. The summed E-state index contributed by atoms with van der Waals surface area (Å²) in [4.78, 5) is 21.0. The van der Waals surface area contributed by atoms with E-state index in [1.165, 1.54) is 6.20 Å². The van der Waals surface area contributed by atoms with E-state index in [-0.39, 0.29) is 16.7 Å². The maximum Gasteiger partial charge on any atom is 0.270 e. The summed E-state index contributed by atoms with van der Waals surface area (Å²) in [6.07, 6.45) is 6.18. The summed E-state index contributed by atoms with van der Waals surface area (Å²) < 4.78 is 7.82. The van der Waals surface area contributed by atoms with E-state index in [0.717, 1.165) is 43.3 Å². The van der Waals surface area contributed by atoms with Gasteiger partial charge in [0.25, 0.3) is 5.56 Å². The summed E-state index contributed by atoms with van der Waals surface area (Å²) in [5.74, 6) is 0. The van der Waals surface area contributed by atoms with Crippen LogP contribution in [0.3, 0.4) is 0 Å². The highest BCUT2D eigenvalue weighted by atomic mass is 16.5. The summed E-state index contributed by atoms with van der Waals surface area (Å²) in [5, 5.41) is 0. The molecule has 4 heterocycles. The molecule has 0 atom stereocenters. The SMILES string of the molecule is Cc1ccc2ncc(=O)n(CCC34CCC(N)(CC3)CO4)c2n1. The van der Waals surface area contributed by atoms with Crippen LogP contribution in [0.4, 0.5) is 0 Å². The highest BCUT2D eigenvalue weighted by Crippen LogP contribution is 2.44. The maximum atomic E-state index is 12.3. The lowest BCUT2D eigenvalue weighted by Gasteiger charge is -2.51. The lowest BCUT2D eigenvalue weighted by Crippen LogP contribution is -2.59. The van der Waals surface area contributed by atoms with Gasteiger partial charge in [-0.15, -0.1) is 0 Å². The number of nitrogens with zero attached hydrogens (tertiary/aromatic N) is 3. The highest BCUT2D eigenvalue weighted by Gasteiger charge is 2.47. The van der Waals surface area contributed by atoms with Crippen LogP contribution in [-0.2, 0) is 11.3 Å². The van der Waals surface area contributed by atoms with Crippen molar-refractivity contribution in [3.63, 3.8) is 0 Å². The number of aromatic nitrogens is 3. The zero-order chi connectivity index (χ0) is 16.1. The Morgan fingerprint density at radius 2 is 2.09 bits per heavy atom. The monoisotopic (exact) mass is 314 g/mol. The molecule has 3 fully saturated rings. The Morgan fingerprint density at radius 1 is 1.30 bits per heavy atom. The third-order valence-electron chi connectivity index (χ3n) is 5.44. The summed E-state index contributed by atoms with van der Waals surface area (Å²) in [5.41, 5.74) is 8.22. The second-order valence-corrected chi connectivity index (χ2v) is 7.13. The minimum Gasteiger partial charge on any atom is -0.373 e. The molecule has 2 saturated heterocycles. The fourth-order valence-corrected chi connectivity index (χ4v) is 3.78. The summed E-state index contributed by atoms with van der Waals surface area (Å²) >= 11 is 0. The molecule has 3 aliphatic rings. The standard InChI is InChI=1S/C17H22N4O2/c1-12-2-3-13-15(20-12)21(14(22)10-19-13)9-8-17-6-4-16(18,5-7-17)11-23-17/h2-3,10H,4-9,11,18H2,1H3. The number of pyridine rings is 1. The van der Waals surface area contributed by atoms with E-state index in [4.69, 9.17) is 10.5 Å². The van der Waals surface area contributed by atoms with Crippen molar-refractivity contribution >= 4 is 11.2 Å². The van der Waals surface area contributed by atoms with E-state index in [9.17, 15) is 4.79 Å². The average molecular weight is 314 g/mol. The van der Waals surface area contributed by atoms with Crippen LogP contribution < -0.4 is 11.3 Å². The van der Waals surface area contributed by atoms with Crippen LogP contribution in [0.25, 0.3) is 11.2 Å². The first-order valence-corrected chi connectivity index (χ1v) is 8.25. The molecule has 0 aromatic carbocycles. The second kappa shape index (κ2) is 5.11. The van der Waals surface area contributed by atoms with Crippen molar-refractivity contribution in [2.24, 2.45) is 5.73 Å². The predicted molar refractivity (Wildman–Crippen MR) is 87.2 cm³/mol. The van der Waals surface area contributed by atoms with E-state index >= 15 is 0 Å². The largest absolute Gasteiger partial charge is 0.373 e. The fourth-order valence-electron chi connectivity index (χ4n) is 3.78. The van der Waals surface area contributed by atoms with Gasteiger partial charge in [0.05, 0.1) is 18.4 Å². The number of hydrogen-bond donors (Lipinski definition) is 1. The van der Waals surface area contributed by atoms with Crippen molar-refractivity contribution in [2.45, 2.75) is 56.7 Å². The summed E-state index contributed by atoms with van der Waals surface area (Å²) in [6, 6.07) is 3.82. The first-order chi connectivity index (χ1) is 11.0. The number of aryl methyl sites for hydroxylation is 2. The molecule has 2 aliphatic heterocycles. The number of fused-ring (bicyclic) bond motifs is 4. The summed E-state index contributed by atoms with van der Waals surface area (Å²) in [7, 11) is 0. The van der Waals surface area contributed by atoms with Crippen LogP contribution in [0.5, 0.6) is 0 Å². The van der Waals surface area contributed by atoms with Gasteiger partial charge in [0.1, 0.15) is 5.52 Å². The van der Waals surface area contributed by atoms with Gasteiger partial charge in [0.2, 0.25) is 0 Å². The molecule has 0 radical (unpaired) electrons. The van der Waals surface area contributed by atoms with E-state index in [2.05, 4.69) is 9.97 Å². The van der Waals surface area contributed by atoms with Gasteiger partial charge < -0.3 is 10.5 Å². The molecule has 2 aromatic rings. The van der Waals surface area contributed by atoms with E-state index in [1.807, 2.05) is 19.1 Å². The number of hydrogen-bond acceptors (Lipinski definition) is 5. The predicted octanol–water partition coefficient (Wildman–Crippen LogP) is 1.53. The smallest absolute Gasteiger partial charge is 0.270 e.